The molecule has 1 rings (SSSR count). The molecule has 0 aliphatic heterocycles. The monoisotopic (exact) mass is 198 g/mol. The van der Waals surface area contributed by atoms with Crippen LogP contribution in [0.4, 0.5) is 0 Å². The molecule has 5 heteroatoms. The van der Waals surface area contributed by atoms with E-state index in [4.69, 9.17) is 4.42 Å². The number of carbonyl (C=O) groups is 1. The summed E-state index contributed by atoms with van der Waals surface area (Å²) in [6, 6.07) is 0. The molecule has 0 bridgehead atoms. The van der Waals surface area contributed by atoms with E-state index in [0.29, 0.717) is 13.0 Å². The van der Waals surface area contributed by atoms with E-state index in [1.165, 1.54) is 13.5 Å². The molecule has 1 aromatic heterocycles. The fourth-order valence-electron chi connectivity index (χ4n) is 1.00. The van der Waals surface area contributed by atoms with Crippen molar-refractivity contribution >= 4 is 5.97 Å². The van der Waals surface area contributed by atoms with Gasteiger partial charge in [-0.05, 0) is 13.0 Å². The first-order chi connectivity index (χ1) is 6.83. The Morgan fingerprint density at radius 2 is 2.57 bits per heavy atom. The molecule has 0 atom stereocenters. The van der Waals surface area contributed by atoms with Crippen molar-refractivity contribution in [3.05, 3.63) is 18.4 Å². The van der Waals surface area contributed by atoms with Crippen molar-refractivity contribution in [2.75, 3.05) is 13.7 Å². The first-order valence-corrected chi connectivity index (χ1v) is 4.48. The van der Waals surface area contributed by atoms with Crippen LogP contribution in [0.3, 0.4) is 0 Å². The van der Waals surface area contributed by atoms with Crippen LogP contribution in [0.2, 0.25) is 0 Å². The van der Waals surface area contributed by atoms with Crippen molar-refractivity contribution in [1.82, 2.24) is 10.3 Å². The highest BCUT2D eigenvalue weighted by Crippen LogP contribution is 1.95. The zero-order chi connectivity index (χ0) is 10.2. The summed E-state index contributed by atoms with van der Waals surface area (Å²) in [6.07, 6.45) is 4.26. The van der Waals surface area contributed by atoms with E-state index in [1.807, 2.05) is 0 Å². The average molecular weight is 198 g/mol. The van der Waals surface area contributed by atoms with Gasteiger partial charge in [-0.15, -0.1) is 0 Å². The minimum absolute atomic E-state index is 0.175. The van der Waals surface area contributed by atoms with Crippen LogP contribution in [0.15, 0.2) is 17.0 Å². The molecule has 0 saturated carbocycles. The summed E-state index contributed by atoms with van der Waals surface area (Å²) in [5, 5.41) is 3.13. The second-order valence-corrected chi connectivity index (χ2v) is 2.82. The fraction of sp³-hybridized carbons (Fsp3) is 0.556. The summed E-state index contributed by atoms with van der Waals surface area (Å²) < 4.78 is 9.52. The van der Waals surface area contributed by atoms with Crippen LogP contribution < -0.4 is 5.32 Å². The minimum Gasteiger partial charge on any atom is -0.469 e. The number of aromatic nitrogens is 1. The second kappa shape index (κ2) is 6.15. The van der Waals surface area contributed by atoms with Crippen molar-refractivity contribution in [2.45, 2.75) is 19.4 Å². The predicted molar refractivity (Wildman–Crippen MR) is 49.5 cm³/mol. The smallest absolute Gasteiger partial charge is 0.305 e. The Morgan fingerprint density at radius 3 is 3.21 bits per heavy atom. The number of ether oxygens (including phenoxy) is 1. The van der Waals surface area contributed by atoms with Crippen molar-refractivity contribution < 1.29 is 13.9 Å². The minimum atomic E-state index is -0.175. The molecule has 0 spiro atoms. The van der Waals surface area contributed by atoms with Gasteiger partial charge < -0.3 is 14.5 Å². The molecule has 0 aromatic carbocycles. The van der Waals surface area contributed by atoms with Crippen LogP contribution in [0, 0.1) is 0 Å². The lowest BCUT2D eigenvalue weighted by Crippen LogP contribution is -2.15. The molecule has 78 valence electrons. The van der Waals surface area contributed by atoms with Gasteiger partial charge in [0.1, 0.15) is 5.76 Å². The molecule has 14 heavy (non-hydrogen) atoms. The van der Waals surface area contributed by atoms with Gasteiger partial charge in [0.15, 0.2) is 6.39 Å². The number of rotatable bonds is 6. The predicted octanol–water partition coefficient (Wildman–Crippen LogP) is 0.717. The molecule has 0 aliphatic carbocycles. The Bertz CT molecular complexity index is 259. The number of oxazole rings is 1. The number of nitrogens with one attached hydrogen (secondary N) is 1. The molecular weight excluding hydrogens is 184 g/mol. The Morgan fingerprint density at radius 1 is 1.71 bits per heavy atom. The van der Waals surface area contributed by atoms with Crippen molar-refractivity contribution in [3.8, 4) is 0 Å². The van der Waals surface area contributed by atoms with Gasteiger partial charge in [-0.25, -0.2) is 4.98 Å². The number of hydrogen-bond acceptors (Lipinski definition) is 5. The van der Waals surface area contributed by atoms with Gasteiger partial charge in [0, 0.05) is 6.42 Å². The normalized spacial score (nSPS) is 10.1. The highest BCUT2D eigenvalue weighted by atomic mass is 16.5. The van der Waals surface area contributed by atoms with Gasteiger partial charge in [0.05, 0.1) is 19.9 Å². The van der Waals surface area contributed by atoms with Crippen LogP contribution in [0.5, 0.6) is 0 Å². The first kappa shape index (κ1) is 10.7. The SMILES string of the molecule is COC(=O)CCCNCc1cnco1. The third-order valence-electron chi connectivity index (χ3n) is 1.74. The Labute approximate surface area is 82.5 Å². The van der Waals surface area contributed by atoms with Crippen molar-refractivity contribution in [3.63, 3.8) is 0 Å². The van der Waals surface area contributed by atoms with E-state index in [2.05, 4.69) is 15.0 Å². The van der Waals surface area contributed by atoms with Gasteiger partial charge in [-0.3, -0.25) is 4.79 Å². The fourth-order valence-corrected chi connectivity index (χ4v) is 1.00. The zero-order valence-electron chi connectivity index (χ0n) is 8.16. The van der Waals surface area contributed by atoms with E-state index < -0.39 is 0 Å². The largest absolute Gasteiger partial charge is 0.469 e. The quantitative estimate of drug-likeness (QED) is 0.539. The lowest BCUT2D eigenvalue weighted by Gasteiger charge is -2.01. The molecule has 0 amide bonds. The van der Waals surface area contributed by atoms with Gasteiger partial charge in [0.25, 0.3) is 0 Å². The van der Waals surface area contributed by atoms with Crippen LogP contribution in [-0.4, -0.2) is 24.6 Å². The second-order valence-electron chi connectivity index (χ2n) is 2.82. The Kier molecular flexibility index (Phi) is 4.71. The Balaban J connectivity index is 1.97. The molecule has 5 nitrogen and oxygen atoms in total. The molecule has 0 radical (unpaired) electrons. The van der Waals surface area contributed by atoms with E-state index in [9.17, 15) is 4.79 Å². The summed E-state index contributed by atoms with van der Waals surface area (Å²) in [4.78, 5) is 14.5. The lowest BCUT2D eigenvalue weighted by atomic mass is 10.3. The molecule has 0 saturated heterocycles. The third kappa shape index (κ3) is 4.04. The van der Waals surface area contributed by atoms with E-state index in [1.54, 1.807) is 6.20 Å². The summed E-state index contributed by atoms with van der Waals surface area (Å²) in [5.41, 5.74) is 0. The molecular formula is C9H14N2O3. The first-order valence-electron chi connectivity index (χ1n) is 4.48. The molecule has 0 unspecified atom stereocenters. The number of hydrogen-bond donors (Lipinski definition) is 1. The van der Waals surface area contributed by atoms with Gasteiger partial charge in [-0.1, -0.05) is 0 Å². The highest BCUT2D eigenvalue weighted by Gasteiger charge is 1.99. The maximum Gasteiger partial charge on any atom is 0.305 e. The van der Waals surface area contributed by atoms with Crippen LogP contribution >= 0.6 is 0 Å². The molecule has 0 aliphatic rings. The molecule has 1 N–H and O–H groups in total. The van der Waals surface area contributed by atoms with E-state index in [0.717, 1.165) is 18.7 Å². The summed E-state index contributed by atoms with van der Waals surface area (Å²) >= 11 is 0. The summed E-state index contributed by atoms with van der Waals surface area (Å²) in [7, 11) is 1.39. The number of nitrogens with zero attached hydrogens (tertiary/aromatic N) is 1. The number of carbonyl (C=O) groups excluding carboxylic acids is 1. The number of methoxy groups -OCH3 is 1. The van der Waals surface area contributed by atoms with E-state index in [-0.39, 0.29) is 5.97 Å². The van der Waals surface area contributed by atoms with Gasteiger partial charge in [0.2, 0.25) is 0 Å². The van der Waals surface area contributed by atoms with Crippen LogP contribution in [0.1, 0.15) is 18.6 Å². The van der Waals surface area contributed by atoms with Crippen molar-refractivity contribution in [2.24, 2.45) is 0 Å². The highest BCUT2D eigenvalue weighted by molar-refractivity contribution is 5.68. The summed E-state index contributed by atoms with van der Waals surface area (Å²) in [6.45, 7) is 1.40. The van der Waals surface area contributed by atoms with Gasteiger partial charge >= 0.3 is 5.97 Å². The summed E-state index contributed by atoms with van der Waals surface area (Å²) in [5.74, 6) is 0.620. The van der Waals surface area contributed by atoms with Gasteiger partial charge in [-0.2, -0.15) is 0 Å². The molecule has 0 fully saturated rings. The zero-order valence-corrected chi connectivity index (χ0v) is 8.16. The van der Waals surface area contributed by atoms with E-state index >= 15 is 0 Å². The molecule has 1 heterocycles. The van der Waals surface area contributed by atoms with Crippen LogP contribution in [-0.2, 0) is 16.1 Å². The van der Waals surface area contributed by atoms with Crippen LogP contribution in [0.25, 0.3) is 0 Å². The average Bonchev–Trinajstić information content (AvgIpc) is 2.69. The topological polar surface area (TPSA) is 64.4 Å². The maximum atomic E-state index is 10.7. The Hall–Kier alpha value is -1.36. The molecule has 1 aromatic rings. The third-order valence-corrected chi connectivity index (χ3v) is 1.74. The maximum absolute atomic E-state index is 10.7. The number of esters is 1. The van der Waals surface area contributed by atoms with Crippen molar-refractivity contribution in [1.29, 1.82) is 0 Å². The standard InChI is InChI=1S/C9H14N2O3/c1-13-9(12)3-2-4-10-5-8-6-11-7-14-8/h6-7,10H,2-5H2,1H3. The lowest BCUT2D eigenvalue weighted by molar-refractivity contribution is -0.140.